The second kappa shape index (κ2) is 9.69. The summed E-state index contributed by atoms with van der Waals surface area (Å²) in [4.78, 5) is 56.3. The molecule has 11 heteroatoms. The van der Waals surface area contributed by atoms with Crippen molar-refractivity contribution < 1.29 is 37.1 Å². The minimum atomic E-state index is -4.86. The lowest BCUT2D eigenvalue weighted by Crippen LogP contribution is -2.55. The number of alkyl halides is 3. The molecule has 8 nitrogen and oxygen atoms in total. The average Bonchev–Trinajstić information content (AvgIpc) is 3.30. The van der Waals surface area contributed by atoms with Gasteiger partial charge in [-0.05, 0) is 61.1 Å². The Morgan fingerprint density at radius 1 is 1.00 bits per heavy atom. The monoisotopic (exact) mass is 543 g/mol. The zero-order chi connectivity index (χ0) is 28.1. The quantitative estimate of drug-likeness (QED) is 0.603. The summed E-state index contributed by atoms with van der Waals surface area (Å²) in [6, 6.07) is 11.9. The van der Waals surface area contributed by atoms with Gasteiger partial charge in [0.1, 0.15) is 17.3 Å². The van der Waals surface area contributed by atoms with E-state index in [9.17, 15) is 32.3 Å². The van der Waals surface area contributed by atoms with E-state index in [1.54, 1.807) is 30.3 Å². The minimum absolute atomic E-state index is 0.0469. The van der Waals surface area contributed by atoms with Crippen molar-refractivity contribution in [1.82, 2.24) is 15.1 Å². The van der Waals surface area contributed by atoms with Crippen LogP contribution in [0.15, 0.2) is 54.6 Å². The number of nitrogens with zero attached hydrogens (tertiary/aromatic N) is 2. The third kappa shape index (κ3) is 4.97. The summed E-state index contributed by atoms with van der Waals surface area (Å²) < 4.78 is 41.3. The maximum absolute atomic E-state index is 14.0. The molecular formula is C28H28F3N3O5. The molecule has 2 unspecified atom stereocenters. The molecule has 1 aliphatic carbocycles. The van der Waals surface area contributed by atoms with Crippen LogP contribution in [0.4, 0.5) is 13.2 Å². The number of ketones is 1. The molecule has 39 heavy (non-hydrogen) atoms. The first-order chi connectivity index (χ1) is 18.4. The third-order valence-corrected chi connectivity index (χ3v) is 7.85. The van der Waals surface area contributed by atoms with Crippen molar-refractivity contribution in [1.29, 1.82) is 0 Å². The van der Waals surface area contributed by atoms with E-state index in [2.05, 4.69) is 10.1 Å². The zero-order valence-electron chi connectivity index (χ0n) is 21.4. The molecule has 3 amide bonds. The van der Waals surface area contributed by atoms with Crippen LogP contribution in [0.1, 0.15) is 47.4 Å². The highest BCUT2D eigenvalue weighted by molar-refractivity contribution is 6.05. The van der Waals surface area contributed by atoms with Gasteiger partial charge in [0.05, 0.1) is 12.6 Å². The van der Waals surface area contributed by atoms with Gasteiger partial charge in [0.15, 0.2) is 5.78 Å². The summed E-state index contributed by atoms with van der Waals surface area (Å²) in [5, 5.41) is 2.83. The van der Waals surface area contributed by atoms with E-state index < -0.39 is 35.6 Å². The Balaban J connectivity index is 1.33. The molecule has 2 saturated heterocycles. The molecule has 0 spiro atoms. The standard InChI is InChI=1S/C28H28F3N3O5/c1-16(2)20-14-27(20,32-24(36)17-8-10-19(11-9-17)39-28(29,30)31)26(38)33-13-12-21-23(33)22(35)15-34(21)25(37)18-6-4-3-5-7-18/h3-11,16,20-21,23H,12-15H2,1-2H3,(H,32,36)/t20?,21-,23+,27?/m1/s1. The first-order valence-electron chi connectivity index (χ1n) is 12.8. The molecule has 1 N–H and O–H groups in total. The van der Waals surface area contributed by atoms with Gasteiger partial charge >= 0.3 is 6.36 Å². The molecule has 2 aromatic carbocycles. The van der Waals surface area contributed by atoms with Crippen LogP contribution in [0.5, 0.6) is 5.75 Å². The van der Waals surface area contributed by atoms with E-state index in [-0.39, 0.29) is 48.1 Å². The number of hydrogen-bond donors (Lipinski definition) is 1. The lowest BCUT2D eigenvalue weighted by molar-refractivity contribution is -0.274. The van der Waals surface area contributed by atoms with E-state index in [1.807, 2.05) is 13.8 Å². The fourth-order valence-electron chi connectivity index (χ4n) is 5.94. The number of rotatable bonds is 6. The summed E-state index contributed by atoms with van der Waals surface area (Å²) in [6.45, 7) is 4.04. The Hall–Kier alpha value is -3.89. The van der Waals surface area contributed by atoms with Crippen molar-refractivity contribution in [3.05, 3.63) is 65.7 Å². The highest BCUT2D eigenvalue weighted by atomic mass is 19.4. The lowest BCUT2D eigenvalue weighted by Gasteiger charge is -2.29. The molecule has 3 fully saturated rings. The molecule has 2 aromatic rings. The highest BCUT2D eigenvalue weighted by Crippen LogP contribution is 2.51. The predicted molar refractivity (Wildman–Crippen MR) is 133 cm³/mol. The lowest BCUT2D eigenvalue weighted by atomic mass is 10.0. The molecule has 3 aliphatic rings. The van der Waals surface area contributed by atoms with Crippen molar-refractivity contribution in [2.24, 2.45) is 11.8 Å². The van der Waals surface area contributed by atoms with Crippen LogP contribution < -0.4 is 10.1 Å². The Kier molecular flexibility index (Phi) is 6.64. The van der Waals surface area contributed by atoms with E-state index in [4.69, 9.17) is 0 Å². The van der Waals surface area contributed by atoms with Crippen molar-refractivity contribution in [2.75, 3.05) is 13.1 Å². The molecule has 0 aromatic heterocycles. The number of hydrogen-bond acceptors (Lipinski definition) is 5. The van der Waals surface area contributed by atoms with Crippen molar-refractivity contribution in [2.45, 2.75) is 50.7 Å². The fraction of sp³-hybridized carbons (Fsp3) is 0.429. The summed E-state index contributed by atoms with van der Waals surface area (Å²) in [7, 11) is 0. The number of carbonyl (C=O) groups excluding carboxylic acids is 4. The molecule has 5 rings (SSSR count). The van der Waals surface area contributed by atoms with Crippen LogP contribution in [0.2, 0.25) is 0 Å². The van der Waals surface area contributed by atoms with Gasteiger partial charge in [-0.2, -0.15) is 0 Å². The normalized spacial score (nSPS) is 26.0. The van der Waals surface area contributed by atoms with E-state index >= 15 is 0 Å². The Morgan fingerprint density at radius 2 is 1.67 bits per heavy atom. The van der Waals surface area contributed by atoms with Gasteiger partial charge in [-0.15, -0.1) is 13.2 Å². The molecule has 2 heterocycles. The van der Waals surface area contributed by atoms with Gasteiger partial charge in [-0.3, -0.25) is 19.2 Å². The number of fused-ring (bicyclic) bond motifs is 1. The zero-order valence-corrected chi connectivity index (χ0v) is 21.4. The minimum Gasteiger partial charge on any atom is -0.406 e. The molecular weight excluding hydrogens is 515 g/mol. The molecule has 0 bridgehead atoms. The van der Waals surface area contributed by atoms with Crippen LogP contribution in [0.3, 0.4) is 0 Å². The van der Waals surface area contributed by atoms with Gasteiger partial charge in [-0.1, -0.05) is 32.0 Å². The van der Waals surface area contributed by atoms with Crippen LogP contribution in [0.25, 0.3) is 0 Å². The van der Waals surface area contributed by atoms with Crippen LogP contribution in [0, 0.1) is 11.8 Å². The molecule has 2 aliphatic heterocycles. The Morgan fingerprint density at radius 3 is 2.26 bits per heavy atom. The molecule has 0 radical (unpaired) electrons. The number of halogens is 3. The van der Waals surface area contributed by atoms with Crippen LogP contribution >= 0.6 is 0 Å². The number of carbonyl (C=O) groups is 4. The summed E-state index contributed by atoms with van der Waals surface area (Å²) in [5.74, 6) is -2.07. The van der Waals surface area contributed by atoms with E-state index in [1.165, 1.54) is 21.9 Å². The Bertz CT molecular complexity index is 1300. The number of likely N-dealkylation sites (tertiary alicyclic amines) is 2. The van der Waals surface area contributed by atoms with Gasteiger partial charge in [0.25, 0.3) is 11.8 Å². The fourth-order valence-corrected chi connectivity index (χ4v) is 5.94. The van der Waals surface area contributed by atoms with Gasteiger partial charge < -0.3 is 19.9 Å². The van der Waals surface area contributed by atoms with E-state index in [0.717, 1.165) is 12.1 Å². The highest BCUT2D eigenvalue weighted by Gasteiger charge is 2.65. The van der Waals surface area contributed by atoms with Crippen molar-refractivity contribution in [3.8, 4) is 5.75 Å². The summed E-state index contributed by atoms with van der Waals surface area (Å²) in [6.07, 6.45) is -4.04. The van der Waals surface area contributed by atoms with Gasteiger partial charge in [0.2, 0.25) is 5.91 Å². The smallest absolute Gasteiger partial charge is 0.406 e. The van der Waals surface area contributed by atoms with Crippen LogP contribution in [-0.4, -0.2) is 70.4 Å². The topological polar surface area (TPSA) is 96.0 Å². The molecule has 4 atom stereocenters. The Labute approximate surface area is 223 Å². The largest absolute Gasteiger partial charge is 0.573 e. The third-order valence-electron chi connectivity index (χ3n) is 7.85. The first kappa shape index (κ1) is 26.7. The summed E-state index contributed by atoms with van der Waals surface area (Å²) >= 11 is 0. The van der Waals surface area contributed by atoms with Gasteiger partial charge in [-0.25, -0.2) is 0 Å². The number of nitrogens with one attached hydrogen (secondary N) is 1. The number of amides is 3. The SMILES string of the molecule is CC(C)C1CC1(NC(=O)c1ccc(OC(F)(F)F)cc1)C(=O)N1CC[C@@H]2[C@H]1C(=O)CN2C(=O)c1ccccc1. The molecule has 206 valence electrons. The maximum Gasteiger partial charge on any atom is 0.573 e. The first-order valence-corrected chi connectivity index (χ1v) is 12.8. The van der Waals surface area contributed by atoms with Crippen molar-refractivity contribution >= 4 is 23.5 Å². The van der Waals surface area contributed by atoms with E-state index in [0.29, 0.717) is 18.4 Å². The molecule has 1 saturated carbocycles. The maximum atomic E-state index is 14.0. The second-order valence-electron chi connectivity index (χ2n) is 10.6. The van der Waals surface area contributed by atoms with Crippen LogP contribution in [-0.2, 0) is 9.59 Å². The van der Waals surface area contributed by atoms with Gasteiger partial charge in [0, 0.05) is 17.7 Å². The second-order valence-corrected chi connectivity index (χ2v) is 10.6. The number of Topliss-reactive ketones (excluding diaryl/α,β-unsaturated/α-hetero) is 1. The number of ether oxygens (including phenoxy) is 1. The summed E-state index contributed by atoms with van der Waals surface area (Å²) in [5.41, 5.74) is -0.700. The predicted octanol–water partition coefficient (Wildman–Crippen LogP) is 3.42. The van der Waals surface area contributed by atoms with Crippen molar-refractivity contribution in [3.63, 3.8) is 0 Å². The number of benzene rings is 2. The average molecular weight is 544 g/mol.